The van der Waals surface area contributed by atoms with E-state index in [9.17, 15) is 19.1 Å². The van der Waals surface area contributed by atoms with Crippen LogP contribution in [0.15, 0.2) is 0 Å². The highest BCUT2D eigenvalue weighted by Gasteiger charge is 2.27. The minimum atomic E-state index is -1.30. The lowest BCUT2D eigenvalue weighted by molar-refractivity contribution is 0.0590. The molecule has 0 aliphatic heterocycles. The van der Waals surface area contributed by atoms with Gasteiger partial charge in [0.05, 0.1) is 34.0 Å². The third kappa shape index (κ3) is 4.40. The molecule has 0 fully saturated rings. The van der Waals surface area contributed by atoms with Crippen LogP contribution in [-0.4, -0.2) is 60.9 Å². The SMILES string of the molecule is CONc1c(C(=O)OC)nn(CCOCCCF)c1C(=O)O. The van der Waals surface area contributed by atoms with Crippen molar-refractivity contribution in [2.24, 2.45) is 0 Å². The Labute approximate surface area is 125 Å². The van der Waals surface area contributed by atoms with E-state index in [2.05, 4.69) is 20.2 Å². The van der Waals surface area contributed by atoms with Crippen molar-refractivity contribution in [1.82, 2.24) is 9.78 Å². The number of methoxy groups -OCH3 is 1. The molecular weight excluding hydrogens is 301 g/mol. The molecule has 0 radical (unpaired) electrons. The highest BCUT2D eigenvalue weighted by molar-refractivity contribution is 6.01. The van der Waals surface area contributed by atoms with Gasteiger partial charge in [-0.1, -0.05) is 0 Å². The summed E-state index contributed by atoms with van der Waals surface area (Å²) in [4.78, 5) is 27.7. The van der Waals surface area contributed by atoms with Crippen molar-refractivity contribution in [3.63, 3.8) is 0 Å². The zero-order valence-electron chi connectivity index (χ0n) is 12.3. The molecule has 1 aromatic heterocycles. The van der Waals surface area contributed by atoms with Gasteiger partial charge < -0.3 is 14.6 Å². The fourth-order valence-corrected chi connectivity index (χ4v) is 1.69. The van der Waals surface area contributed by atoms with Crippen molar-refractivity contribution < 1.29 is 33.4 Å². The summed E-state index contributed by atoms with van der Waals surface area (Å²) in [5, 5.41) is 13.2. The Bertz CT molecular complexity index is 519. The van der Waals surface area contributed by atoms with Gasteiger partial charge in [-0.3, -0.25) is 19.4 Å². The summed E-state index contributed by atoms with van der Waals surface area (Å²) in [7, 11) is 2.42. The molecule has 124 valence electrons. The number of alkyl halides is 1. The summed E-state index contributed by atoms with van der Waals surface area (Å²) in [6, 6.07) is 0. The fourth-order valence-electron chi connectivity index (χ4n) is 1.69. The number of nitrogens with zero attached hydrogens (tertiary/aromatic N) is 2. The molecule has 0 spiro atoms. The Morgan fingerprint density at radius 3 is 2.64 bits per heavy atom. The second-order valence-electron chi connectivity index (χ2n) is 4.05. The quantitative estimate of drug-likeness (QED) is 0.368. The maximum absolute atomic E-state index is 11.9. The molecule has 0 aromatic carbocycles. The molecule has 1 aromatic rings. The first-order chi connectivity index (χ1) is 10.6. The summed E-state index contributed by atoms with van der Waals surface area (Å²) in [6.45, 7) is -0.0813. The van der Waals surface area contributed by atoms with Crippen LogP contribution in [-0.2, 0) is 20.9 Å². The monoisotopic (exact) mass is 319 g/mol. The third-order valence-electron chi connectivity index (χ3n) is 2.61. The normalized spacial score (nSPS) is 10.5. The van der Waals surface area contributed by atoms with E-state index in [0.29, 0.717) is 0 Å². The lowest BCUT2D eigenvalue weighted by atomic mass is 10.3. The smallest absolute Gasteiger partial charge is 0.360 e. The van der Waals surface area contributed by atoms with Crippen LogP contribution in [0.4, 0.5) is 10.1 Å². The van der Waals surface area contributed by atoms with E-state index in [4.69, 9.17) is 4.74 Å². The lowest BCUT2D eigenvalue weighted by Crippen LogP contribution is -2.15. The molecule has 0 unspecified atom stereocenters. The maximum Gasteiger partial charge on any atom is 0.360 e. The maximum atomic E-state index is 11.9. The molecule has 9 nitrogen and oxygen atoms in total. The third-order valence-corrected chi connectivity index (χ3v) is 2.61. The van der Waals surface area contributed by atoms with Gasteiger partial charge in [0, 0.05) is 6.61 Å². The van der Waals surface area contributed by atoms with Crippen molar-refractivity contribution in [2.75, 3.05) is 39.6 Å². The van der Waals surface area contributed by atoms with Crippen molar-refractivity contribution >= 4 is 17.6 Å². The molecule has 22 heavy (non-hydrogen) atoms. The molecule has 10 heteroatoms. The molecule has 0 saturated heterocycles. The molecule has 0 aliphatic carbocycles. The van der Waals surface area contributed by atoms with Crippen LogP contribution < -0.4 is 5.48 Å². The molecule has 0 atom stereocenters. The average molecular weight is 319 g/mol. The Kier molecular flexibility index (Phi) is 7.26. The second kappa shape index (κ2) is 8.95. The van der Waals surface area contributed by atoms with Crippen molar-refractivity contribution in [1.29, 1.82) is 0 Å². The lowest BCUT2D eigenvalue weighted by Gasteiger charge is -2.07. The summed E-state index contributed by atoms with van der Waals surface area (Å²) in [6.07, 6.45) is 0.259. The minimum absolute atomic E-state index is 0.0727. The van der Waals surface area contributed by atoms with Crippen LogP contribution in [0, 0.1) is 0 Å². The standard InChI is InChI=1S/C12H18FN3O6/c1-20-12(19)9-8(15-21-2)10(11(17)18)16(14-9)5-7-22-6-3-4-13/h15H,3-7H2,1-2H3,(H,17,18). The number of aromatic carboxylic acids is 1. The Morgan fingerprint density at radius 1 is 1.36 bits per heavy atom. The topological polar surface area (TPSA) is 112 Å². The van der Waals surface area contributed by atoms with Gasteiger partial charge in [-0.2, -0.15) is 5.10 Å². The van der Waals surface area contributed by atoms with Crippen LogP contribution in [0.3, 0.4) is 0 Å². The number of esters is 1. The number of carbonyl (C=O) groups is 2. The van der Waals surface area contributed by atoms with Gasteiger partial charge in [0.25, 0.3) is 0 Å². The van der Waals surface area contributed by atoms with Crippen LogP contribution in [0.1, 0.15) is 27.4 Å². The predicted octanol–water partition coefficient (Wildman–Crippen LogP) is 0.717. The van der Waals surface area contributed by atoms with E-state index in [1.54, 1.807) is 0 Å². The summed E-state index contributed by atoms with van der Waals surface area (Å²) < 4.78 is 22.7. The van der Waals surface area contributed by atoms with Crippen LogP contribution in [0.5, 0.6) is 0 Å². The van der Waals surface area contributed by atoms with Gasteiger partial charge in [-0.25, -0.2) is 9.59 Å². The Balaban J connectivity index is 2.99. The van der Waals surface area contributed by atoms with Gasteiger partial charge in [-0.15, -0.1) is 0 Å². The number of hydrogen-bond acceptors (Lipinski definition) is 7. The van der Waals surface area contributed by atoms with E-state index in [1.165, 1.54) is 7.11 Å². The number of halogens is 1. The van der Waals surface area contributed by atoms with Crippen LogP contribution in [0.25, 0.3) is 0 Å². The van der Waals surface area contributed by atoms with E-state index < -0.39 is 18.6 Å². The molecule has 0 saturated carbocycles. The largest absolute Gasteiger partial charge is 0.476 e. The number of anilines is 1. The molecule has 0 bridgehead atoms. The molecule has 1 heterocycles. The number of aromatic nitrogens is 2. The minimum Gasteiger partial charge on any atom is -0.476 e. The molecule has 0 amide bonds. The highest BCUT2D eigenvalue weighted by Crippen LogP contribution is 2.22. The van der Waals surface area contributed by atoms with Crippen molar-refractivity contribution in [3.05, 3.63) is 11.4 Å². The number of carbonyl (C=O) groups excluding carboxylic acids is 1. The molecule has 2 N–H and O–H groups in total. The zero-order chi connectivity index (χ0) is 16.5. The van der Waals surface area contributed by atoms with E-state index in [-0.39, 0.29) is 43.3 Å². The van der Waals surface area contributed by atoms with Crippen LogP contribution >= 0.6 is 0 Å². The Morgan fingerprint density at radius 2 is 2.09 bits per heavy atom. The fraction of sp³-hybridized carbons (Fsp3) is 0.583. The Hall–Kier alpha value is -2.20. The van der Waals surface area contributed by atoms with E-state index >= 15 is 0 Å². The first-order valence-electron chi connectivity index (χ1n) is 6.41. The average Bonchev–Trinajstić information content (AvgIpc) is 2.85. The molecule has 1 rings (SSSR count). The van der Waals surface area contributed by atoms with Gasteiger partial charge in [-0.05, 0) is 6.42 Å². The summed E-state index contributed by atoms with van der Waals surface area (Å²) >= 11 is 0. The number of carboxylic acids is 1. The molecule has 0 aliphatic rings. The van der Waals surface area contributed by atoms with E-state index in [0.717, 1.165) is 11.8 Å². The molecular formula is C12H18FN3O6. The number of nitrogens with one attached hydrogen (secondary N) is 1. The van der Waals surface area contributed by atoms with Gasteiger partial charge >= 0.3 is 11.9 Å². The first-order valence-corrected chi connectivity index (χ1v) is 6.41. The van der Waals surface area contributed by atoms with Crippen molar-refractivity contribution in [3.8, 4) is 0 Å². The predicted molar refractivity (Wildman–Crippen MR) is 72.6 cm³/mol. The van der Waals surface area contributed by atoms with E-state index in [1.807, 2.05) is 0 Å². The first kappa shape index (κ1) is 17.9. The number of hydrogen-bond donors (Lipinski definition) is 2. The van der Waals surface area contributed by atoms with Gasteiger partial charge in [0.1, 0.15) is 5.69 Å². The summed E-state index contributed by atoms with van der Waals surface area (Å²) in [5.74, 6) is -2.11. The number of rotatable bonds is 10. The number of ether oxygens (including phenoxy) is 2. The second-order valence-corrected chi connectivity index (χ2v) is 4.05. The zero-order valence-corrected chi connectivity index (χ0v) is 12.3. The summed E-state index contributed by atoms with van der Waals surface area (Å²) in [5.41, 5.74) is 1.73. The number of carboxylic acid groups (broad SMARTS) is 1. The van der Waals surface area contributed by atoms with Crippen molar-refractivity contribution in [2.45, 2.75) is 13.0 Å². The highest BCUT2D eigenvalue weighted by atomic mass is 19.1. The van der Waals surface area contributed by atoms with Gasteiger partial charge in [0.2, 0.25) is 0 Å². The van der Waals surface area contributed by atoms with Gasteiger partial charge in [0.15, 0.2) is 11.4 Å². The van der Waals surface area contributed by atoms with Crippen LogP contribution in [0.2, 0.25) is 0 Å².